The summed E-state index contributed by atoms with van der Waals surface area (Å²) in [6.45, 7) is 2.70. The first-order valence-electron chi connectivity index (χ1n) is 8.93. The van der Waals surface area contributed by atoms with Gasteiger partial charge in [0, 0.05) is 18.2 Å². The number of hydrogen-bond donors (Lipinski definition) is 2. The zero-order valence-corrected chi connectivity index (χ0v) is 15.2. The highest BCUT2D eigenvalue weighted by atomic mass is 32.2. The number of carbonyl (C=O) groups is 1. The number of hydrogen-bond acceptors (Lipinski definition) is 3. The molecule has 1 aromatic carbocycles. The van der Waals surface area contributed by atoms with E-state index < -0.39 is 10.0 Å². The summed E-state index contributed by atoms with van der Waals surface area (Å²) in [6, 6.07) is 6.18. The molecule has 5 nitrogen and oxygen atoms in total. The van der Waals surface area contributed by atoms with E-state index in [0.717, 1.165) is 38.5 Å². The molecule has 1 saturated carbocycles. The van der Waals surface area contributed by atoms with Crippen molar-refractivity contribution in [1.82, 2.24) is 10.0 Å². The van der Waals surface area contributed by atoms with Crippen molar-refractivity contribution in [2.75, 3.05) is 6.54 Å². The molecule has 0 unspecified atom stereocenters. The lowest BCUT2D eigenvalue weighted by Gasteiger charge is -2.16. The van der Waals surface area contributed by atoms with Crippen LogP contribution in [0, 0.1) is 0 Å². The Morgan fingerprint density at radius 2 is 1.71 bits per heavy atom. The van der Waals surface area contributed by atoms with Gasteiger partial charge in [0.1, 0.15) is 0 Å². The fourth-order valence-electron chi connectivity index (χ4n) is 2.95. The summed E-state index contributed by atoms with van der Waals surface area (Å²) in [5, 5.41) is 2.83. The summed E-state index contributed by atoms with van der Waals surface area (Å²) in [7, 11) is -3.52. The van der Waals surface area contributed by atoms with Gasteiger partial charge in [0.05, 0.1) is 4.90 Å². The molecule has 1 aromatic rings. The number of amides is 1. The van der Waals surface area contributed by atoms with Crippen LogP contribution in [0.3, 0.4) is 0 Å². The molecule has 2 rings (SSSR count). The summed E-state index contributed by atoms with van der Waals surface area (Å²) in [4.78, 5) is 12.2. The second kappa shape index (κ2) is 9.18. The molecular weight excluding hydrogens is 324 g/mol. The van der Waals surface area contributed by atoms with Gasteiger partial charge in [0.25, 0.3) is 5.91 Å². The number of benzene rings is 1. The smallest absolute Gasteiger partial charge is 0.251 e. The SMILES string of the molecule is CCCCNC(=O)c1ccc(S(=O)(=O)NC2CCCCCC2)cc1. The van der Waals surface area contributed by atoms with Gasteiger partial charge in [-0.15, -0.1) is 0 Å². The van der Waals surface area contributed by atoms with Crippen LogP contribution in [0.1, 0.15) is 68.6 Å². The van der Waals surface area contributed by atoms with Crippen LogP contribution in [0.5, 0.6) is 0 Å². The fraction of sp³-hybridized carbons (Fsp3) is 0.611. The minimum atomic E-state index is -3.52. The van der Waals surface area contributed by atoms with Crippen molar-refractivity contribution < 1.29 is 13.2 Å². The third-order valence-electron chi connectivity index (χ3n) is 4.42. The second-order valence-corrected chi connectivity index (χ2v) is 8.16. The molecule has 0 atom stereocenters. The van der Waals surface area contributed by atoms with Gasteiger partial charge in [-0.2, -0.15) is 0 Å². The summed E-state index contributed by atoms with van der Waals surface area (Å²) in [5.74, 6) is -0.163. The molecule has 0 radical (unpaired) electrons. The van der Waals surface area contributed by atoms with Crippen molar-refractivity contribution in [1.29, 1.82) is 0 Å². The second-order valence-electron chi connectivity index (χ2n) is 6.44. The lowest BCUT2D eigenvalue weighted by molar-refractivity contribution is 0.0953. The van der Waals surface area contributed by atoms with Crippen molar-refractivity contribution in [3.05, 3.63) is 29.8 Å². The Kier molecular flexibility index (Phi) is 7.24. The Balaban J connectivity index is 1.98. The molecule has 0 spiro atoms. The molecule has 134 valence electrons. The summed E-state index contributed by atoms with van der Waals surface area (Å²) in [6.07, 6.45) is 8.26. The van der Waals surface area contributed by atoms with Crippen LogP contribution in [0.2, 0.25) is 0 Å². The van der Waals surface area contributed by atoms with Gasteiger partial charge in [-0.05, 0) is 43.5 Å². The van der Waals surface area contributed by atoms with Crippen LogP contribution in [-0.2, 0) is 10.0 Å². The molecule has 1 aliphatic carbocycles. The molecule has 24 heavy (non-hydrogen) atoms. The Labute approximate surface area is 145 Å². The number of carbonyl (C=O) groups excluding carboxylic acids is 1. The third kappa shape index (κ3) is 5.60. The summed E-state index contributed by atoms with van der Waals surface area (Å²) in [5.41, 5.74) is 0.486. The Bertz CT molecular complexity index is 618. The number of nitrogens with one attached hydrogen (secondary N) is 2. The van der Waals surface area contributed by atoms with Crippen LogP contribution in [0.4, 0.5) is 0 Å². The van der Waals surface area contributed by atoms with Crippen LogP contribution in [-0.4, -0.2) is 26.9 Å². The molecule has 1 fully saturated rings. The Hall–Kier alpha value is -1.40. The number of unbranched alkanes of at least 4 members (excludes halogenated alkanes) is 1. The van der Waals surface area contributed by atoms with E-state index in [-0.39, 0.29) is 16.8 Å². The minimum Gasteiger partial charge on any atom is -0.352 e. The first-order valence-corrected chi connectivity index (χ1v) is 10.4. The first-order chi connectivity index (χ1) is 11.5. The number of rotatable bonds is 7. The molecular formula is C18H28N2O3S. The predicted molar refractivity (Wildman–Crippen MR) is 95.5 cm³/mol. The average molecular weight is 353 g/mol. The quantitative estimate of drug-likeness (QED) is 0.584. The molecule has 0 saturated heterocycles. The normalized spacial score (nSPS) is 16.5. The molecule has 0 aromatic heterocycles. The van der Waals surface area contributed by atoms with E-state index in [4.69, 9.17) is 0 Å². The highest BCUT2D eigenvalue weighted by Crippen LogP contribution is 2.19. The van der Waals surface area contributed by atoms with E-state index in [1.807, 2.05) is 0 Å². The van der Waals surface area contributed by atoms with E-state index in [1.54, 1.807) is 12.1 Å². The fourth-order valence-corrected chi connectivity index (χ4v) is 4.26. The van der Waals surface area contributed by atoms with Crippen molar-refractivity contribution in [2.24, 2.45) is 0 Å². The van der Waals surface area contributed by atoms with E-state index in [0.29, 0.717) is 12.1 Å². The van der Waals surface area contributed by atoms with Gasteiger partial charge in [-0.3, -0.25) is 4.79 Å². The molecule has 1 aliphatic rings. The van der Waals surface area contributed by atoms with Crippen LogP contribution in [0.25, 0.3) is 0 Å². The Morgan fingerprint density at radius 3 is 2.29 bits per heavy atom. The van der Waals surface area contributed by atoms with Gasteiger partial charge >= 0.3 is 0 Å². The van der Waals surface area contributed by atoms with Crippen LogP contribution < -0.4 is 10.0 Å². The minimum absolute atomic E-state index is 0.0227. The van der Waals surface area contributed by atoms with Crippen molar-refractivity contribution in [3.63, 3.8) is 0 Å². The van der Waals surface area contributed by atoms with Gasteiger partial charge < -0.3 is 5.32 Å². The largest absolute Gasteiger partial charge is 0.352 e. The van der Waals surface area contributed by atoms with E-state index >= 15 is 0 Å². The maximum atomic E-state index is 12.5. The standard InChI is InChI=1S/C18H28N2O3S/c1-2-3-14-19-18(21)15-10-12-17(13-11-15)24(22,23)20-16-8-6-4-5-7-9-16/h10-13,16,20H,2-9,14H2,1H3,(H,19,21). The van der Waals surface area contributed by atoms with Crippen molar-refractivity contribution in [2.45, 2.75) is 69.2 Å². The highest BCUT2D eigenvalue weighted by molar-refractivity contribution is 7.89. The summed E-state index contributed by atoms with van der Waals surface area (Å²) >= 11 is 0. The third-order valence-corrected chi connectivity index (χ3v) is 5.96. The number of sulfonamides is 1. The zero-order chi connectivity index (χ0) is 17.4. The lowest BCUT2D eigenvalue weighted by Crippen LogP contribution is -2.34. The van der Waals surface area contributed by atoms with Gasteiger partial charge in [0.15, 0.2) is 0 Å². The van der Waals surface area contributed by atoms with Crippen LogP contribution >= 0.6 is 0 Å². The molecule has 0 heterocycles. The molecule has 0 aliphatic heterocycles. The van der Waals surface area contributed by atoms with Crippen LogP contribution in [0.15, 0.2) is 29.2 Å². The Morgan fingerprint density at radius 1 is 1.08 bits per heavy atom. The topological polar surface area (TPSA) is 75.3 Å². The maximum absolute atomic E-state index is 12.5. The first kappa shape index (κ1) is 18.9. The van der Waals surface area contributed by atoms with E-state index in [2.05, 4.69) is 17.0 Å². The zero-order valence-electron chi connectivity index (χ0n) is 14.4. The van der Waals surface area contributed by atoms with Crippen molar-refractivity contribution in [3.8, 4) is 0 Å². The lowest BCUT2D eigenvalue weighted by atomic mass is 10.1. The van der Waals surface area contributed by atoms with Crippen molar-refractivity contribution >= 4 is 15.9 Å². The highest BCUT2D eigenvalue weighted by Gasteiger charge is 2.21. The molecule has 2 N–H and O–H groups in total. The molecule has 6 heteroatoms. The van der Waals surface area contributed by atoms with E-state index in [9.17, 15) is 13.2 Å². The van der Waals surface area contributed by atoms with Gasteiger partial charge in [0.2, 0.25) is 10.0 Å². The van der Waals surface area contributed by atoms with Gasteiger partial charge in [-0.1, -0.05) is 39.0 Å². The monoisotopic (exact) mass is 352 g/mol. The predicted octanol–water partition coefficient (Wildman–Crippen LogP) is 3.22. The summed E-state index contributed by atoms with van der Waals surface area (Å²) < 4.78 is 27.8. The van der Waals surface area contributed by atoms with Gasteiger partial charge in [-0.25, -0.2) is 13.1 Å². The molecule has 1 amide bonds. The van der Waals surface area contributed by atoms with E-state index in [1.165, 1.54) is 25.0 Å². The molecule has 0 bridgehead atoms. The maximum Gasteiger partial charge on any atom is 0.251 e. The average Bonchev–Trinajstić information content (AvgIpc) is 2.83.